The number of anilines is 1. The van der Waals surface area contributed by atoms with Crippen molar-refractivity contribution in [2.24, 2.45) is 30.7 Å². The van der Waals surface area contributed by atoms with Gasteiger partial charge in [-0.25, -0.2) is 8.78 Å². The number of carbonyl (C=O) groups excluding carboxylic acids is 3. The lowest BCUT2D eigenvalue weighted by Crippen LogP contribution is -2.56. The van der Waals surface area contributed by atoms with Gasteiger partial charge < -0.3 is 14.8 Å². The molecule has 6 nitrogen and oxygen atoms in total. The Hall–Kier alpha value is -3.47. The second kappa shape index (κ2) is 13.2. The summed E-state index contributed by atoms with van der Waals surface area (Å²) in [5, 5.41) is 3.42. The molecule has 1 aromatic heterocycles. The molecule has 4 unspecified atom stereocenters. The predicted octanol–water partition coefficient (Wildman–Crippen LogP) is 8.06. The van der Waals surface area contributed by atoms with Gasteiger partial charge in [0.25, 0.3) is 5.91 Å². The molecular formula is C35H37ClF5N3O3. The fourth-order valence-corrected chi connectivity index (χ4v) is 8.39. The number of hydrogen-bond donors (Lipinski definition) is 1. The number of carbonyl (C=O) groups is 3. The van der Waals surface area contributed by atoms with Gasteiger partial charge in [-0.3, -0.25) is 14.4 Å². The number of fused-ring (bicyclic) bond motifs is 2. The van der Waals surface area contributed by atoms with Gasteiger partial charge in [0, 0.05) is 49.1 Å². The van der Waals surface area contributed by atoms with E-state index in [-0.39, 0.29) is 59.7 Å². The smallest absolute Gasteiger partial charge is 0.350 e. The molecule has 0 spiro atoms. The van der Waals surface area contributed by atoms with Crippen LogP contribution in [0.1, 0.15) is 67.3 Å². The number of aryl methyl sites for hydroxylation is 1. The van der Waals surface area contributed by atoms with Crippen molar-refractivity contribution < 1.29 is 36.3 Å². The van der Waals surface area contributed by atoms with E-state index < -0.39 is 47.9 Å². The number of halogens is 6. The Morgan fingerprint density at radius 2 is 1.74 bits per heavy atom. The normalized spacial score (nSPS) is 24.8. The number of nitrogens with zero attached hydrogens (tertiary/aromatic N) is 2. The summed E-state index contributed by atoms with van der Waals surface area (Å²) >= 11 is 6.43. The number of hydrogen-bond acceptors (Lipinski definition) is 3. The Morgan fingerprint density at radius 1 is 1.02 bits per heavy atom. The lowest BCUT2D eigenvalue weighted by atomic mass is 9.53. The standard InChI is InChI=1S/C35H37ClF5N3O3/c1-43-18-27(23-9-5-6-10-31(23)43)33(46)42-30-16-29(38)19(12-28(30)36)13-32(45)26-15-24-20(11-21(37)14-25(24)26)17-44(34(47)35(39,40)41)22-7-3-2-4-8-22/h5-6,9-10,12,16,18,20-22,24-26H,2-4,7-8,11,13-15,17H2,1H3,(H,42,46)/t20?,21-,24?,25?,26?/m0/s1. The Kier molecular flexibility index (Phi) is 9.39. The molecule has 2 amide bonds. The highest BCUT2D eigenvalue weighted by atomic mass is 35.5. The molecule has 252 valence electrons. The molecule has 2 aromatic carbocycles. The van der Waals surface area contributed by atoms with Gasteiger partial charge in [-0.1, -0.05) is 49.1 Å². The maximum Gasteiger partial charge on any atom is 0.471 e. The van der Waals surface area contributed by atoms with E-state index in [0.717, 1.165) is 41.1 Å². The lowest BCUT2D eigenvalue weighted by molar-refractivity contribution is -0.191. The van der Waals surface area contributed by atoms with Crippen molar-refractivity contribution in [2.45, 2.75) is 76.2 Å². The predicted molar refractivity (Wildman–Crippen MR) is 168 cm³/mol. The molecule has 0 saturated heterocycles. The summed E-state index contributed by atoms with van der Waals surface area (Å²) in [5.74, 6) is -5.01. The number of ketones is 1. The summed E-state index contributed by atoms with van der Waals surface area (Å²) < 4.78 is 72.8. The summed E-state index contributed by atoms with van der Waals surface area (Å²) in [6, 6.07) is 9.19. The van der Waals surface area contributed by atoms with Crippen LogP contribution >= 0.6 is 11.6 Å². The quantitative estimate of drug-likeness (QED) is 0.245. The molecule has 3 saturated carbocycles. The van der Waals surface area contributed by atoms with Crippen LogP contribution in [0.4, 0.5) is 27.6 Å². The first-order valence-corrected chi connectivity index (χ1v) is 16.6. The van der Waals surface area contributed by atoms with Crippen molar-refractivity contribution in [1.82, 2.24) is 9.47 Å². The second-order valence-corrected chi connectivity index (χ2v) is 13.8. The van der Waals surface area contributed by atoms with Crippen LogP contribution < -0.4 is 5.32 Å². The average Bonchev–Trinajstić information content (AvgIpc) is 3.36. The third-order valence-electron chi connectivity index (χ3n) is 10.5. The highest BCUT2D eigenvalue weighted by Crippen LogP contribution is 2.54. The molecule has 47 heavy (non-hydrogen) atoms. The molecular weight excluding hydrogens is 641 g/mol. The molecule has 3 aliphatic carbocycles. The molecule has 5 atom stereocenters. The summed E-state index contributed by atoms with van der Waals surface area (Å²) in [4.78, 5) is 39.8. The fourth-order valence-electron chi connectivity index (χ4n) is 8.16. The van der Waals surface area contributed by atoms with Crippen LogP contribution in [0.2, 0.25) is 5.02 Å². The number of amides is 2. The molecule has 3 aromatic rings. The van der Waals surface area contributed by atoms with E-state index in [0.29, 0.717) is 24.8 Å². The van der Waals surface area contributed by atoms with Crippen molar-refractivity contribution in [3.8, 4) is 0 Å². The first kappa shape index (κ1) is 33.4. The van der Waals surface area contributed by atoms with E-state index in [2.05, 4.69) is 5.32 Å². The Morgan fingerprint density at radius 3 is 2.47 bits per heavy atom. The maximum absolute atomic E-state index is 15.3. The molecule has 1 N–H and O–H groups in total. The molecule has 3 fully saturated rings. The van der Waals surface area contributed by atoms with Crippen molar-refractivity contribution in [1.29, 1.82) is 0 Å². The molecule has 3 aliphatic rings. The van der Waals surface area contributed by atoms with Crippen LogP contribution in [-0.2, 0) is 23.1 Å². The van der Waals surface area contributed by atoms with E-state index in [4.69, 9.17) is 11.6 Å². The van der Waals surface area contributed by atoms with Gasteiger partial charge in [0.05, 0.1) is 16.3 Å². The largest absolute Gasteiger partial charge is 0.471 e. The Bertz CT molecular complexity index is 1680. The number of benzene rings is 2. The van der Waals surface area contributed by atoms with Gasteiger partial charge >= 0.3 is 12.1 Å². The van der Waals surface area contributed by atoms with E-state index in [1.165, 1.54) is 6.07 Å². The van der Waals surface area contributed by atoms with Gasteiger partial charge in [-0.2, -0.15) is 13.2 Å². The molecule has 1 heterocycles. The summed E-state index contributed by atoms with van der Waals surface area (Å²) in [6.07, 6.45) is -1.07. The third-order valence-corrected chi connectivity index (χ3v) is 10.9. The van der Waals surface area contributed by atoms with Crippen molar-refractivity contribution >= 4 is 45.8 Å². The van der Waals surface area contributed by atoms with E-state index in [1.807, 2.05) is 25.2 Å². The second-order valence-electron chi connectivity index (χ2n) is 13.4. The van der Waals surface area contributed by atoms with Crippen LogP contribution in [0.15, 0.2) is 42.6 Å². The van der Waals surface area contributed by atoms with E-state index in [1.54, 1.807) is 16.8 Å². The summed E-state index contributed by atoms with van der Waals surface area (Å²) in [6.45, 7) is -0.179. The first-order valence-electron chi connectivity index (χ1n) is 16.2. The summed E-state index contributed by atoms with van der Waals surface area (Å²) in [5.41, 5.74) is 1.32. The van der Waals surface area contributed by atoms with Crippen LogP contribution in [-0.4, -0.2) is 52.0 Å². The number of aromatic nitrogens is 1. The van der Waals surface area contributed by atoms with Gasteiger partial charge in [-0.15, -0.1) is 0 Å². The van der Waals surface area contributed by atoms with Crippen LogP contribution in [0.25, 0.3) is 10.9 Å². The van der Waals surface area contributed by atoms with Crippen LogP contribution in [0.3, 0.4) is 0 Å². The molecule has 6 rings (SSSR count). The third kappa shape index (κ3) is 6.78. The maximum atomic E-state index is 15.3. The number of nitrogens with one attached hydrogen (secondary N) is 1. The van der Waals surface area contributed by atoms with E-state index >= 15 is 8.78 Å². The number of para-hydroxylation sites is 1. The highest BCUT2D eigenvalue weighted by molar-refractivity contribution is 6.34. The minimum Gasteiger partial charge on any atom is -0.350 e. The summed E-state index contributed by atoms with van der Waals surface area (Å²) in [7, 11) is 1.81. The molecule has 0 bridgehead atoms. The lowest BCUT2D eigenvalue weighted by Gasteiger charge is -2.53. The van der Waals surface area contributed by atoms with E-state index in [9.17, 15) is 27.6 Å². The Balaban J connectivity index is 1.12. The van der Waals surface area contributed by atoms with Crippen molar-refractivity contribution in [3.63, 3.8) is 0 Å². The highest BCUT2D eigenvalue weighted by Gasteiger charge is 2.54. The fraction of sp³-hybridized carbons (Fsp3) is 0.514. The number of rotatable bonds is 8. The Labute approximate surface area is 274 Å². The zero-order chi connectivity index (χ0) is 33.6. The minimum atomic E-state index is -5.02. The van der Waals surface area contributed by atoms with Gasteiger partial charge in [0.2, 0.25) is 0 Å². The minimum absolute atomic E-state index is 0.0371. The average molecular weight is 678 g/mol. The molecule has 0 radical (unpaired) electrons. The van der Waals surface area contributed by atoms with Gasteiger partial charge in [0.1, 0.15) is 17.8 Å². The van der Waals surface area contributed by atoms with Crippen LogP contribution in [0, 0.1) is 29.5 Å². The zero-order valence-corrected chi connectivity index (χ0v) is 26.7. The number of Topliss-reactive ketones (excluding diaryl/α,β-unsaturated/α-hetero) is 1. The zero-order valence-electron chi connectivity index (χ0n) is 26.0. The van der Waals surface area contributed by atoms with Crippen molar-refractivity contribution in [2.75, 3.05) is 11.9 Å². The first-order chi connectivity index (χ1) is 22.3. The van der Waals surface area contributed by atoms with Gasteiger partial charge in [0.15, 0.2) is 0 Å². The topological polar surface area (TPSA) is 71.4 Å². The van der Waals surface area contributed by atoms with Gasteiger partial charge in [-0.05, 0) is 73.6 Å². The number of alkyl halides is 4. The molecule has 0 aliphatic heterocycles. The SMILES string of the molecule is Cn1cc(C(=O)Nc2cc(F)c(CC(=O)C3CC4C(CN(C(=O)C(F)(F)F)C5CCCCC5)C[C@H](F)CC34)cc2Cl)c2ccccc21. The van der Waals surface area contributed by atoms with Crippen molar-refractivity contribution in [3.05, 3.63) is 64.6 Å². The monoisotopic (exact) mass is 677 g/mol. The van der Waals surface area contributed by atoms with Crippen LogP contribution in [0.5, 0.6) is 0 Å². The molecule has 12 heteroatoms.